The van der Waals surface area contributed by atoms with Crippen LogP contribution in [-0.4, -0.2) is 0 Å². The Morgan fingerprint density at radius 1 is 1.31 bits per heavy atom. The van der Waals surface area contributed by atoms with Gasteiger partial charge in [0.05, 0.1) is 0 Å². The van der Waals surface area contributed by atoms with Crippen LogP contribution in [0.4, 0.5) is 0 Å². The third-order valence-corrected chi connectivity index (χ3v) is 2.29. The summed E-state index contributed by atoms with van der Waals surface area (Å²) in [6.07, 6.45) is 5.57. The predicted molar refractivity (Wildman–Crippen MR) is 58.7 cm³/mol. The SMILES string of the molecule is C=CCC[C@H](C)Cc1ccccc1. The molecule has 1 atom stereocenters. The Balaban J connectivity index is 2.36. The fourth-order valence-electron chi connectivity index (χ4n) is 1.52. The lowest BCUT2D eigenvalue weighted by molar-refractivity contribution is 0.536. The average molecular weight is 174 g/mol. The quantitative estimate of drug-likeness (QED) is 0.595. The van der Waals surface area contributed by atoms with Crippen LogP contribution in [0.15, 0.2) is 43.0 Å². The van der Waals surface area contributed by atoms with Gasteiger partial charge in [-0.3, -0.25) is 0 Å². The molecule has 0 fully saturated rings. The highest BCUT2D eigenvalue weighted by Gasteiger charge is 2.01. The van der Waals surface area contributed by atoms with E-state index in [0.717, 1.165) is 12.3 Å². The molecule has 1 aromatic carbocycles. The monoisotopic (exact) mass is 174 g/mol. The van der Waals surface area contributed by atoms with Gasteiger partial charge in [0.15, 0.2) is 0 Å². The van der Waals surface area contributed by atoms with Gasteiger partial charge in [-0.2, -0.15) is 0 Å². The van der Waals surface area contributed by atoms with Crippen molar-refractivity contribution in [1.82, 2.24) is 0 Å². The molecule has 0 aliphatic rings. The van der Waals surface area contributed by atoms with E-state index in [1.165, 1.54) is 18.4 Å². The summed E-state index contributed by atoms with van der Waals surface area (Å²) in [6, 6.07) is 10.7. The summed E-state index contributed by atoms with van der Waals surface area (Å²) in [5.41, 5.74) is 1.44. The number of hydrogen-bond acceptors (Lipinski definition) is 0. The van der Waals surface area contributed by atoms with Crippen LogP contribution in [0.2, 0.25) is 0 Å². The van der Waals surface area contributed by atoms with Gasteiger partial charge < -0.3 is 0 Å². The first-order valence-corrected chi connectivity index (χ1v) is 4.97. The van der Waals surface area contributed by atoms with Gasteiger partial charge in [0.25, 0.3) is 0 Å². The van der Waals surface area contributed by atoms with E-state index in [9.17, 15) is 0 Å². The van der Waals surface area contributed by atoms with Gasteiger partial charge >= 0.3 is 0 Å². The van der Waals surface area contributed by atoms with E-state index in [-0.39, 0.29) is 0 Å². The molecule has 70 valence electrons. The molecule has 0 aliphatic carbocycles. The van der Waals surface area contributed by atoms with Gasteiger partial charge in [0.2, 0.25) is 0 Å². The van der Waals surface area contributed by atoms with Crippen molar-refractivity contribution in [3.8, 4) is 0 Å². The summed E-state index contributed by atoms with van der Waals surface area (Å²) in [6.45, 7) is 6.04. The molecule has 0 aliphatic heterocycles. The third-order valence-electron chi connectivity index (χ3n) is 2.29. The molecule has 0 amide bonds. The summed E-state index contributed by atoms with van der Waals surface area (Å²) >= 11 is 0. The van der Waals surface area contributed by atoms with E-state index in [0.29, 0.717) is 0 Å². The Kier molecular flexibility index (Phi) is 4.31. The molecule has 0 unspecified atom stereocenters. The Morgan fingerprint density at radius 2 is 2.00 bits per heavy atom. The second kappa shape index (κ2) is 5.58. The first-order chi connectivity index (χ1) is 6.33. The molecule has 0 bridgehead atoms. The molecule has 1 aromatic rings. The standard InChI is InChI=1S/C13H18/c1-3-4-8-12(2)11-13-9-6-5-7-10-13/h3,5-7,9-10,12H,1,4,8,11H2,2H3/t12-/m0/s1. The molecule has 1 rings (SSSR count). The zero-order chi connectivity index (χ0) is 9.52. The van der Waals surface area contributed by atoms with Crippen molar-refractivity contribution in [2.24, 2.45) is 5.92 Å². The second-order valence-corrected chi connectivity index (χ2v) is 3.66. The number of allylic oxidation sites excluding steroid dienone is 1. The zero-order valence-electron chi connectivity index (χ0n) is 8.37. The van der Waals surface area contributed by atoms with Gasteiger partial charge in [-0.05, 0) is 30.7 Å². The maximum Gasteiger partial charge on any atom is -0.0253 e. The molecule has 0 saturated heterocycles. The molecule has 13 heavy (non-hydrogen) atoms. The fraction of sp³-hybridized carbons (Fsp3) is 0.385. The van der Waals surface area contributed by atoms with Crippen LogP contribution in [-0.2, 0) is 6.42 Å². The second-order valence-electron chi connectivity index (χ2n) is 3.66. The van der Waals surface area contributed by atoms with E-state index < -0.39 is 0 Å². The number of hydrogen-bond donors (Lipinski definition) is 0. The summed E-state index contributed by atoms with van der Waals surface area (Å²) in [7, 11) is 0. The third kappa shape index (κ3) is 3.93. The Hall–Kier alpha value is -1.04. The summed E-state index contributed by atoms with van der Waals surface area (Å²) in [5, 5.41) is 0. The normalized spacial score (nSPS) is 12.4. The minimum absolute atomic E-state index is 0.764. The van der Waals surface area contributed by atoms with Crippen molar-refractivity contribution in [2.45, 2.75) is 26.2 Å². The molecule has 0 aromatic heterocycles. The lowest BCUT2D eigenvalue weighted by Gasteiger charge is -2.09. The van der Waals surface area contributed by atoms with Gasteiger partial charge in [-0.15, -0.1) is 6.58 Å². The lowest BCUT2D eigenvalue weighted by Crippen LogP contribution is -1.98. The fourth-order valence-corrected chi connectivity index (χ4v) is 1.52. The minimum atomic E-state index is 0.764. The van der Waals surface area contributed by atoms with Crippen LogP contribution >= 0.6 is 0 Å². The van der Waals surface area contributed by atoms with E-state index in [1.807, 2.05) is 6.08 Å². The highest BCUT2D eigenvalue weighted by molar-refractivity contribution is 5.15. The topological polar surface area (TPSA) is 0 Å². The van der Waals surface area contributed by atoms with Gasteiger partial charge in [0.1, 0.15) is 0 Å². The average Bonchev–Trinajstić information content (AvgIpc) is 2.16. The van der Waals surface area contributed by atoms with Crippen LogP contribution in [0, 0.1) is 5.92 Å². The Bertz CT molecular complexity index is 235. The maximum atomic E-state index is 3.74. The van der Waals surface area contributed by atoms with Gasteiger partial charge in [-0.1, -0.05) is 43.3 Å². The van der Waals surface area contributed by atoms with Crippen molar-refractivity contribution < 1.29 is 0 Å². The zero-order valence-corrected chi connectivity index (χ0v) is 8.37. The first kappa shape index (κ1) is 10.0. The van der Waals surface area contributed by atoms with Crippen molar-refractivity contribution in [1.29, 1.82) is 0 Å². The van der Waals surface area contributed by atoms with Crippen molar-refractivity contribution in [3.63, 3.8) is 0 Å². The van der Waals surface area contributed by atoms with Crippen LogP contribution in [0.1, 0.15) is 25.3 Å². The molecule has 0 heteroatoms. The molecule has 0 saturated carbocycles. The van der Waals surface area contributed by atoms with Crippen LogP contribution < -0.4 is 0 Å². The van der Waals surface area contributed by atoms with E-state index in [2.05, 4.69) is 43.8 Å². The highest BCUT2D eigenvalue weighted by atomic mass is 14.1. The predicted octanol–water partition coefficient (Wildman–Crippen LogP) is 3.83. The van der Waals surface area contributed by atoms with E-state index in [4.69, 9.17) is 0 Å². The summed E-state index contributed by atoms with van der Waals surface area (Å²) < 4.78 is 0. The van der Waals surface area contributed by atoms with Crippen LogP contribution in [0.25, 0.3) is 0 Å². The van der Waals surface area contributed by atoms with E-state index >= 15 is 0 Å². The largest absolute Gasteiger partial charge is 0.103 e. The molecule has 0 radical (unpaired) electrons. The van der Waals surface area contributed by atoms with Crippen molar-refractivity contribution >= 4 is 0 Å². The Morgan fingerprint density at radius 3 is 2.62 bits per heavy atom. The minimum Gasteiger partial charge on any atom is -0.103 e. The van der Waals surface area contributed by atoms with Crippen LogP contribution in [0.5, 0.6) is 0 Å². The maximum absolute atomic E-state index is 3.74. The number of benzene rings is 1. The van der Waals surface area contributed by atoms with Crippen molar-refractivity contribution in [3.05, 3.63) is 48.6 Å². The lowest BCUT2D eigenvalue weighted by atomic mass is 9.97. The van der Waals surface area contributed by atoms with Crippen molar-refractivity contribution in [2.75, 3.05) is 0 Å². The summed E-state index contributed by atoms with van der Waals surface area (Å²) in [4.78, 5) is 0. The molecule has 0 N–H and O–H groups in total. The molecular weight excluding hydrogens is 156 g/mol. The number of rotatable bonds is 5. The molecular formula is C13H18. The highest BCUT2D eigenvalue weighted by Crippen LogP contribution is 2.13. The van der Waals surface area contributed by atoms with Gasteiger partial charge in [-0.25, -0.2) is 0 Å². The molecule has 0 heterocycles. The van der Waals surface area contributed by atoms with E-state index in [1.54, 1.807) is 0 Å². The van der Waals surface area contributed by atoms with Crippen LogP contribution in [0.3, 0.4) is 0 Å². The first-order valence-electron chi connectivity index (χ1n) is 4.97. The smallest absolute Gasteiger partial charge is 0.0253 e. The Labute approximate surface area is 81.3 Å². The summed E-state index contributed by atoms with van der Waals surface area (Å²) in [5.74, 6) is 0.764. The van der Waals surface area contributed by atoms with Gasteiger partial charge in [0, 0.05) is 0 Å². The molecule has 0 spiro atoms. The molecule has 0 nitrogen and oxygen atoms in total.